The van der Waals surface area contributed by atoms with Crippen molar-refractivity contribution >= 4 is 27.8 Å². The summed E-state index contributed by atoms with van der Waals surface area (Å²) in [6.07, 6.45) is 4.64. The maximum absolute atomic E-state index is 12.2. The Balaban J connectivity index is 1.97. The van der Waals surface area contributed by atoms with Crippen LogP contribution < -0.4 is 5.32 Å². The molecule has 1 aliphatic carbocycles. The van der Waals surface area contributed by atoms with Crippen LogP contribution in [0.3, 0.4) is 0 Å². The van der Waals surface area contributed by atoms with Crippen LogP contribution >= 0.6 is 15.9 Å². The van der Waals surface area contributed by atoms with E-state index in [1.54, 1.807) is 6.07 Å². The number of nitrogens with zero attached hydrogens (tertiary/aromatic N) is 1. The lowest BCUT2D eigenvalue weighted by Crippen LogP contribution is -2.34. The number of aromatic nitrogens is 1. The van der Waals surface area contributed by atoms with Crippen molar-refractivity contribution in [1.29, 1.82) is 0 Å². The van der Waals surface area contributed by atoms with Gasteiger partial charge in [0.05, 0.1) is 0 Å². The van der Waals surface area contributed by atoms with Gasteiger partial charge in [-0.25, -0.2) is 0 Å². The highest BCUT2D eigenvalue weighted by molar-refractivity contribution is 9.10. The molecule has 1 fully saturated rings. The van der Waals surface area contributed by atoms with Crippen LogP contribution in [0.1, 0.15) is 49.1 Å². The topological polar surface area (TPSA) is 71.3 Å². The third-order valence-corrected chi connectivity index (χ3v) is 3.59. The molecule has 19 heavy (non-hydrogen) atoms. The van der Waals surface area contributed by atoms with E-state index in [1.807, 2.05) is 17.7 Å². The third kappa shape index (κ3) is 3.83. The van der Waals surface area contributed by atoms with Crippen LogP contribution in [0, 0.1) is 0 Å². The highest BCUT2D eigenvalue weighted by Crippen LogP contribution is 2.37. The van der Waals surface area contributed by atoms with Gasteiger partial charge in [-0.3, -0.25) is 9.59 Å². The molecule has 0 spiro atoms. The Labute approximate surface area is 120 Å². The monoisotopic (exact) mass is 328 g/mol. The number of carbonyl (C=O) groups is 2. The van der Waals surface area contributed by atoms with Crippen molar-refractivity contribution in [3.8, 4) is 0 Å². The minimum absolute atomic E-state index is 0.0643. The largest absolute Gasteiger partial charge is 0.481 e. The first kappa shape index (κ1) is 14.1. The van der Waals surface area contributed by atoms with Crippen molar-refractivity contribution in [3.63, 3.8) is 0 Å². The molecule has 0 radical (unpaired) electrons. The van der Waals surface area contributed by atoms with E-state index in [1.165, 1.54) is 0 Å². The van der Waals surface area contributed by atoms with Crippen molar-refractivity contribution in [1.82, 2.24) is 9.88 Å². The van der Waals surface area contributed by atoms with Gasteiger partial charge in [0.1, 0.15) is 5.69 Å². The van der Waals surface area contributed by atoms with Gasteiger partial charge in [0, 0.05) is 29.2 Å². The normalized spacial score (nSPS) is 16.1. The van der Waals surface area contributed by atoms with Gasteiger partial charge in [0.2, 0.25) is 0 Å². The predicted molar refractivity (Wildman–Crippen MR) is 74.2 cm³/mol. The molecule has 5 nitrogen and oxygen atoms in total. The van der Waals surface area contributed by atoms with E-state index in [-0.39, 0.29) is 18.4 Å². The summed E-state index contributed by atoms with van der Waals surface area (Å²) in [6.45, 7) is 1.82. The highest BCUT2D eigenvalue weighted by atomic mass is 79.9. The Morgan fingerprint density at radius 2 is 2.26 bits per heavy atom. The summed E-state index contributed by atoms with van der Waals surface area (Å²) in [6, 6.07) is 2.09. The number of carbonyl (C=O) groups excluding carboxylic acids is 1. The smallest absolute Gasteiger partial charge is 0.303 e. The van der Waals surface area contributed by atoms with Gasteiger partial charge in [-0.1, -0.05) is 0 Å². The highest BCUT2D eigenvalue weighted by Gasteiger charge is 2.28. The van der Waals surface area contributed by atoms with E-state index in [4.69, 9.17) is 5.11 Å². The minimum Gasteiger partial charge on any atom is -0.481 e. The van der Waals surface area contributed by atoms with Crippen LogP contribution in [-0.2, 0) is 4.79 Å². The molecule has 104 valence electrons. The zero-order valence-electron chi connectivity index (χ0n) is 10.7. The molecule has 0 saturated heterocycles. The Kier molecular flexibility index (Phi) is 4.29. The Morgan fingerprint density at radius 3 is 2.84 bits per heavy atom. The van der Waals surface area contributed by atoms with Crippen LogP contribution in [0.2, 0.25) is 0 Å². The molecule has 1 saturated carbocycles. The lowest BCUT2D eigenvalue weighted by atomic mass is 10.2. The Bertz CT molecular complexity index is 494. The molecule has 1 aromatic heterocycles. The molecule has 1 atom stereocenters. The average molecular weight is 329 g/mol. The van der Waals surface area contributed by atoms with Gasteiger partial charge in [0.15, 0.2) is 0 Å². The zero-order valence-corrected chi connectivity index (χ0v) is 12.3. The van der Waals surface area contributed by atoms with Crippen LogP contribution in [0.4, 0.5) is 0 Å². The van der Waals surface area contributed by atoms with Crippen molar-refractivity contribution in [2.24, 2.45) is 0 Å². The van der Waals surface area contributed by atoms with E-state index in [0.717, 1.165) is 17.3 Å². The molecule has 1 aliphatic rings. The van der Waals surface area contributed by atoms with Gasteiger partial charge in [-0.2, -0.15) is 0 Å². The van der Waals surface area contributed by atoms with E-state index in [0.29, 0.717) is 18.2 Å². The van der Waals surface area contributed by atoms with Gasteiger partial charge < -0.3 is 15.0 Å². The second-order valence-corrected chi connectivity index (χ2v) is 5.90. The quantitative estimate of drug-likeness (QED) is 0.843. The lowest BCUT2D eigenvalue weighted by Gasteiger charge is -2.14. The van der Waals surface area contributed by atoms with E-state index in [2.05, 4.69) is 21.2 Å². The molecule has 1 amide bonds. The summed E-state index contributed by atoms with van der Waals surface area (Å²) in [7, 11) is 0. The van der Waals surface area contributed by atoms with Crippen LogP contribution in [0.25, 0.3) is 0 Å². The number of nitrogens with one attached hydrogen (secondary N) is 1. The molecule has 2 rings (SSSR count). The SMILES string of the molecule is CC(CCC(=O)O)NC(=O)c1cc(Br)cn1C1CC1. The first-order chi connectivity index (χ1) is 8.97. The fourth-order valence-electron chi connectivity index (χ4n) is 1.99. The predicted octanol–water partition coefficient (Wildman–Crippen LogP) is 2.57. The van der Waals surface area contributed by atoms with Gasteiger partial charge in [0.25, 0.3) is 5.91 Å². The second-order valence-electron chi connectivity index (χ2n) is 4.99. The van der Waals surface area contributed by atoms with E-state index in [9.17, 15) is 9.59 Å². The summed E-state index contributed by atoms with van der Waals surface area (Å²) in [5.41, 5.74) is 0.636. The number of halogens is 1. The number of hydrogen-bond acceptors (Lipinski definition) is 2. The van der Waals surface area contributed by atoms with Crippen LogP contribution in [0.5, 0.6) is 0 Å². The molecule has 0 aromatic carbocycles. The van der Waals surface area contributed by atoms with Crippen molar-refractivity contribution in [2.45, 2.75) is 44.7 Å². The Morgan fingerprint density at radius 1 is 1.58 bits per heavy atom. The van der Waals surface area contributed by atoms with Crippen LogP contribution in [-0.4, -0.2) is 27.6 Å². The molecule has 6 heteroatoms. The number of hydrogen-bond donors (Lipinski definition) is 2. The fourth-order valence-corrected chi connectivity index (χ4v) is 2.43. The molecule has 1 heterocycles. The standard InChI is InChI=1S/C13H17BrN2O3/c1-8(2-5-12(17)18)15-13(19)11-6-9(14)7-16(11)10-3-4-10/h6-8,10H,2-5H2,1H3,(H,15,19)(H,17,18). The molecule has 0 bridgehead atoms. The Hall–Kier alpha value is -1.30. The van der Waals surface area contributed by atoms with Gasteiger partial charge in [-0.05, 0) is 48.2 Å². The second kappa shape index (κ2) is 5.77. The van der Waals surface area contributed by atoms with E-state index >= 15 is 0 Å². The first-order valence-corrected chi connectivity index (χ1v) is 7.16. The molecule has 1 unspecified atom stereocenters. The zero-order chi connectivity index (χ0) is 14.0. The van der Waals surface area contributed by atoms with E-state index < -0.39 is 5.97 Å². The van der Waals surface area contributed by atoms with Crippen LogP contribution in [0.15, 0.2) is 16.7 Å². The van der Waals surface area contributed by atoms with Gasteiger partial charge in [-0.15, -0.1) is 0 Å². The number of carboxylic acid groups (broad SMARTS) is 1. The summed E-state index contributed by atoms with van der Waals surface area (Å²) in [4.78, 5) is 22.7. The lowest BCUT2D eigenvalue weighted by molar-refractivity contribution is -0.137. The molecular weight excluding hydrogens is 312 g/mol. The molecule has 1 aromatic rings. The summed E-state index contributed by atoms with van der Waals surface area (Å²) < 4.78 is 2.88. The number of amides is 1. The fraction of sp³-hybridized carbons (Fsp3) is 0.538. The molecular formula is C13H17BrN2O3. The number of rotatable bonds is 6. The minimum atomic E-state index is -0.842. The van der Waals surface area contributed by atoms with Crippen molar-refractivity contribution in [3.05, 3.63) is 22.4 Å². The number of carboxylic acids is 1. The van der Waals surface area contributed by atoms with Gasteiger partial charge >= 0.3 is 5.97 Å². The third-order valence-electron chi connectivity index (χ3n) is 3.16. The van der Waals surface area contributed by atoms with Crippen molar-refractivity contribution < 1.29 is 14.7 Å². The summed E-state index contributed by atoms with van der Waals surface area (Å²) >= 11 is 3.38. The summed E-state index contributed by atoms with van der Waals surface area (Å²) in [5.74, 6) is -0.985. The maximum atomic E-state index is 12.2. The molecule has 2 N–H and O–H groups in total. The van der Waals surface area contributed by atoms with Crippen molar-refractivity contribution in [2.75, 3.05) is 0 Å². The number of aliphatic carboxylic acids is 1. The maximum Gasteiger partial charge on any atom is 0.303 e. The first-order valence-electron chi connectivity index (χ1n) is 6.37. The molecule has 0 aliphatic heterocycles. The average Bonchev–Trinajstić information content (AvgIpc) is 3.09. The summed E-state index contributed by atoms with van der Waals surface area (Å²) in [5, 5.41) is 11.5.